The molecular weight excluding hydrogens is 304 g/mol. The molecule has 0 aliphatic heterocycles. The molecule has 22 heavy (non-hydrogen) atoms. The van der Waals surface area contributed by atoms with Crippen molar-refractivity contribution in [3.8, 4) is 0 Å². The van der Waals surface area contributed by atoms with E-state index in [1.165, 1.54) is 13.3 Å². The normalized spacial score (nSPS) is 18.5. The Morgan fingerprint density at radius 2 is 2.18 bits per heavy atom. The molecule has 0 saturated heterocycles. The summed E-state index contributed by atoms with van der Waals surface area (Å²) in [5.74, 6) is -0.108. The minimum Gasteiger partial charge on any atom is -0.368 e. The van der Waals surface area contributed by atoms with E-state index in [4.69, 9.17) is 10.3 Å². The van der Waals surface area contributed by atoms with E-state index in [2.05, 4.69) is 11.2 Å². The van der Waals surface area contributed by atoms with Gasteiger partial charge in [-0.05, 0) is 51.0 Å². The van der Waals surface area contributed by atoms with Gasteiger partial charge >= 0.3 is 0 Å². The maximum Gasteiger partial charge on any atom is 0.238 e. The van der Waals surface area contributed by atoms with Crippen LogP contribution in [0.2, 0.25) is 0 Å². The van der Waals surface area contributed by atoms with Gasteiger partial charge in [-0.2, -0.15) is 0 Å². The SMILES string of the molecule is C[C@@](CCc1cc(C2=CCCCC2)on1)(C(N)=O)S(C)(=O)=O. The van der Waals surface area contributed by atoms with Crippen molar-refractivity contribution in [3.63, 3.8) is 0 Å². The van der Waals surface area contributed by atoms with Gasteiger partial charge in [0.25, 0.3) is 0 Å². The van der Waals surface area contributed by atoms with Crippen LogP contribution in [0.15, 0.2) is 16.7 Å². The molecule has 1 amide bonds. The molecule has 1 aromatic rings. The zero-order valence-corrected chi connectivity index (χ0v) is 13.8. The van der Waals surface area contributed by atoms with E-state index in [0.717, 1.165) is 36.9 Å². The zero-order chi connectivity index (χ0) is 16.4. The highest BCUT2D eigenvalue weighted by molar-refractivity contribution is 7.92. The Bertz CT molecular complexity index is 690. The summed E-state index contributed by atoms with van der Waals surface area (Å²) in [7, 11) is -3.59. The summed E-state index contributed by atoms with van der Waals surface area (Å²) < 4.78 is 27.4. The second-order valence-electron chi connectivity index (χ2n) is 6.02. The van der Waals surface area contributed by atoms with Crippen LogP contribution in [-0.4, -0.2) is 30.5 Å². The monoisotopic (exact) mass is 326 g/mol. The molecule has 2 N–H and O–H groups in total. The third-order valence-corrected chi connectivity index (χ3v) is 6.41. The van der Waals surface area contributed by atoms with Crippen LogP contribution in [0.3, 0.4) is 0 Å². The summed E-state index contributed by atoms with van der Waals surface area (Å²) in [6.45, 7) is 1.36. The molecule has 6 nitrogen and oxygen atoms in total. The van der Waals surface area contributed by atoms with Gasteiger partial charge < -0.3 is 10.3 Å². The Labute approximate surface area is 130 Å². The van der Waals surface area contributed by atoms with Gasteiger partial charge in [-0.15, -0.1) is 0 Å². The molecule has 0 bridgehead atoms. The van der Waals surface area contributed by atoms with Crippen molar-refractivity contribution in [2.24, 2.45) is 5.73 Å². The summed E-state index contributed by atoms with van der Waals surface area (Å²) in [4.78, 5) is 11.5. The minimum absolute atomic E-state index is 0.0895. The first-order valence-electron chi connectivity index (χ1n) is 7.38. The van der Waals surface area contributed by atoms with Crippen LogP contribution in [0.1, 0.15) is 50.5 Å². The number of amides is 1. The first-order chi connectivity index (χ1) is 10.2. The molecule has 0 radical (unpaired) electrons. The van der Waals surface area contributed by atoms with Crippen LogP contribution >= 0.6 is 0 Å². The van der Waals surface area contributed by atoms with Crippen molar-refractivity contribution in [2.75, 3.05) is 6.26 Å². The Hall–Kier alpha value is -1.63. The summed E-state index contributed by atoms with van der Waals surface area (Å²) in [6, 6.07) is 1.82. The predicted octanol–water partition coefficient (Wildman–Crippen LogP) is 1.85. The average molecular weight is 326 g/mol. The Balaban J connectivity index is 2.10. The quantitative estimate of drug-likeness (QED) is 0.859. The number of nitrogens with zero attached hydrogens (tertiary/aromatic N) is 1. The van der Waals surface area contributed by atoms with Gasteiger partial charge in [0, 0.05) is 12.3 Å². The number of primary amides is 1. The Morgan fingerprint density at radius 3 is 2.73 bits per heavy atom. The van der Waals surface area contributed by atoms with Crippen molar-refractivity contribution >= 4 is 21.3 Å². The van der Waals surface area contributed by atoms with Gasteiger partial charge in [0.2, 0.25) is 5.91 Å². The number of carbonyl (C=O) groups excluding carboxylic acids is 1. The molecule has 1 aliphatic carbocycles. The number of hydrogen-bond donors (Lipinski definition) is 1. The molecule has 1 aromatic heterocycles. The maximum atomic E-state index is 11.8. The summed E-state index contributed by atoms with van der Waals surface area (Å²) in [5.41, 5.74) is 7.05. The van der Waals surface area contributed by atoms with Crippen LogP contribution in [0, 0.1) is 0 Å². The van der Waals surface area contributed by atoms with E-state index in [-0.39, 0.29) is 6.42 Å². The number of hydrogen-bond acceptors (Lipinski definition) is 5. The lowest BCUT2D eigenvalue weighted by molar-refractivity contribution is -0.120. The summed E-state index contributed by atoms with van der Waals surface area (Å²) in [5, 5.41) is 3.97. The van der Waals surface area contributed by atoms with Gasteiger partial charge in [0.1, 0.15) is 4.75 Å². The number of allylic oxidation sites excluding steroid dienone is 2. The number of sulfone groups is 1. The first kappa shape index (κ1) is 16.7. The molecule has 0 spiro atoms. The van der Waals surface area contributed by atoms with E-state index in [1.54, 1.807) is 0 Å². The van der Waals surface area contributed by atoms with E-state index >= 15 is 0 Å². The van der Waals surface area contributed by atoms with Crippen molar-refractivity contribution in [1.82, 2.24) is 5.16 Å². The van der Waals surface area contributed by atoms with E-state index in [0.29, 0.717) is 12.1 Å². The van der Waals surface area contributed by atoms with Crippen LogP contribution in [0.25, 0.3) is 5.57 Å². The van der Waals surface area contributed by atoms with E-state index < -0.39 is 20.5 Å². The lowest BCUT2D eigenvalue weighted by Crippen LogP contribution is -2.47. The minimum atomic E-state index is -3.59. The fourth-order valence-electron chi connectivity index (χ4n) is 2.50. The van der Waals surface area contributed by atoms with Crippen LogP contribution in [-0.2, 0) is 21.1 Å². The highest BCUT2D eigenvalue weighted by Gasteiger charge is 2.41. The third kappa shape index (κ3) is 3.40. The van der Waals surface area contributed by atoms with Gasteiger partial charge in [0.15, 0.2) is 15.6 Å². The van der Waals surface area contributed by atoms with E-state index in [1.807, 2.05) is 6.07 Å². The molecule has 1 atom stereocenters. The molecule has 0 aromatic carbocycles. The molecule has 0 fully saturated rings. The molecule has 0 unspecified atom stereocenters. The molecular formula is C15H22N2O4S. The van der Waals surface area contributed by atoms with Crippen molar-refractivity contribution in [3.05, 3.63) is 23.6 Å². The smallest absolute Gasteiger partial charge is 0.238 e. The fourth-order valence-corrected chi connectivity index (χ4v) is 3.34. The number of carbonyl (C=O) groups is 1. The molecule has 2 rings (SSSR count). The average Bonchev–Trinajstić information content (AvgIpc) is 2.93. The van der Waals surface area contributed by atoms with E-state index in [9.17, 15) is 13.2 Å². The number of rotatable bonds is 6. The molecule has 122 valence electrons. The zero-order valence-electron chi connectivity index (χ0n) is 13.0. The summed E-state index contributed by atoms with van der Waals surface area (Å²) >= 11 is 0. The number of aryl methyl sites for hydroxylation is 1. The molecule has 1 aliphatic rings. The molecule has 1 heterocycles. The van der Waals surface area contributed by atoms with Crippen LogP contribution < -0.4 is 5.73 Å². The maximum absolute atomic E-state index is 11.8. The van der Waals surface area contributed by atoms with Gasteiger partial charge in [-0.3, -0.25) is 4.79 Å². The van der Waals surface area contributed by atoms with Gasteiger partial charge in [-0.1, -0.05) is 11.2 Å². The second kappa shape index (κ2) is 6.24. The second-order valence-corrected chi connectivity index (χ2v) is 8.47. The highest BCUT2D eigenvalue weighted by Crippen LogP contribution is 2.28. The number of aromatic nitrogens is 1. The van der Waals surface area contributed by atoms with Gasteiger partial charge in [-0.25, -0.2) is 8.42 Å². The highest BCUT2D eigenvalue weighted by atomic mass is 32.2. The fraction of sp³-hybridized carbons (Fsp3) is 0.600. The van der Waals surface area contributed by atoms with Crippen LogP contribution in [0.4, 0.5) is 0 Å². The number of nitrogens with two attached hydrogens (primary N) is 1. The lowest BCUT2D eigenvalue weighted by atomic mass is 9.97. The lowest BCUT2D eigenvalue weighted by Gasteiger charge is -2.23. The van der Waals surface area contributed by atoms with Crippen LogP contribution in [0.5, 0.6) is 0 Å². The van der Waals surface area contributed by atoms with Crippen molar-refractivity contribution < 1.29 is 17.7 Å². The summed E-state index contributed by atoms with van der Waals surface area (Å²) in [6.07, 6.45) is 7.92. The Kier molecular flexibility index (Phi) is 4.75. The third-order valence-electron chi connectivity index (χ3n) is 4.36. The largest absolute Gasteiger partial charge is 0.368 e. The predicted molar refractivity (Wildman–Crippen MR) is 83.7 cm³/mol. The van der Waals surface area contributed by atoms with Crippen molar-refractivity contribution in [2.45, 2.75) is 50.2 Å². The van der Waals surface area contributed by atoms with Crippen molar-refractivity contribution in [1.29, 1.82) is 0 Å². The molecule has 7 heteroatoms. The topological polar surface area (TPSA) is 103 Å². The molecule has 0 saturated carbocycles. The Morgan fingerprint density at radius 1 is 1.45 bits per heavy atom. The standard InChI is InChI=1S/C15H22N2O4S/c1-15(14(16)18,22(2,19)20)9-8-12-10-13(21-17-12)11-6-4-3-5-7-11/h6,10H,3-5,7-9H2,1-2H3,(H2,16,18)/t15-/m1/s1. The first-order valence-corrected chi connectivity index (χ1v) is 9.28. The van der Waals surface area contributed by atoms with Gasteiger partial charge in [0.05, 0.1) is 5.69 Å².